The minimum Gasteiger partial charge on any atom is -0.504 e. The van der Waals surface area contributed by atoms with Crippen LogP contribution in [0.25, 0.3) is 10.9 Å². The van der Waals surface area contributed by atoms with Crippen molar-refractivity contribution in [3.05, 3.63) is 58.8 Å². The Labute approximate surface area is 193 Å². The molecule has 9 heteroatoms. The number of alkyl halides is 3. The number of nitrogens with one attached hydrogen (secondary N) is 1. The zero-order valence-corrected chi connectivity index (χ0v) is 18.3. The fourth-order valence-electron chi connectivity index (χ4n) is 7.14. The van der Waals surface area contributed by atoms with E-state index in [9.17, 15) is 23.4 Å². The number of hydrogen-bond donors (Lipinski definition) is 3. The average molecular weight is 479 g/mol. The summed E-state index contributed by atoms with van der Waals surface area (Å²) in [5.74, 6) is 0.365. The van der Waals surface area contributed by atoms with Gasteiger partial charge in [0, 0.05) is 35.5 Å². The average Bonchev–Trinajstić information content (AvgIpc) is 3.26. The summed E-state index contributed by atoms with van der Waals surface area (Å²) in [5, 5.41) is 24.0. The molecule has 174 valence electrons. The molecule has 1 saturated heterocycles. The number of nitrogens with zero attached hydrogens (tertiary/aromatic N) is 1. The first kappa shape index (κ1) is 21.1. The summed E-state index contributed by atoms with van der Waals surface area (Å²) in [4.78, 5) is 4.86. The summed E-state index contributed by atoms with van der Waals surface area (Å²) in [5.41, 5.74) is 1.90. The van der Waals surface area contributed by atoms with Gasteiger partial charge in [-0.2, -0.15) is 13.2 Å². The lowest BCUT2D eigenvalue weighted by molar-refractivity contribution is -0.206. The smallest absolute Gasteiger partial charge is 0.401 e. The molecule has 0 saturated carbocycles. The summed E-state index contributed by atoms with van der Waals surface area (Å²) in [6, 6.07) is 10.4. The molecule has 4 aliphatic rings. The van der Waals surface area contributed by atoms with Gasteiger partial charge in [-0.25, -0.2) is 0 Å². The van der Waals surface area contributed by atoms with Gasteiger partial charge in [0.25, 0.3) is 0 Å². The van der Waals surface area contributed by atoms with Crippen molar-refractivity contribution < 1.29 is 28.1 Å². The van der Waals surface area contributed by atoms with Gasteiger partial charge in [-0.3, -0.25) is 4.90 Å². The Hall–Kier alpha value is -2.42. The van der Waals surface area contributed by atoms with Gasteiger partial charge in [-0.05, 0) is 36.1 Å². The number of aromatic nitrogens is 1. The number of aliphatic hydroxyl groups is 1. The molecule has 3 N–H and O–H groups in total. The number of rotatable bonds is 1. The largest absolute Gasteiger partial charge is 0.504 e. The van der Waals surface area contributed by atoms with E-state index in [4.69, 9.17) is 4.74 Å². The lowest BCUT2D eigenvalue weighted by atomic mass is 9.49. The number of aromatic hydroxyl groups is 1. The van der Waals surface area contributed by atoms with Crippen molar-refractivity contribution in [1.82, 2.24) is 9.88 Å². The van der Waals surface area contributed by atoms with E-state index in [1.165, 1.54) is 4.90 Å². The molecule has 3 aromatic rings. The van der Waals surface area contributed by atoms with Crippen LogP contribution in [0.1, 0.15) is 34.9 Å². The predicted molar refractivity (Wildman–Crippen MR) is 117 cm³/mol. The van der Waals surface area contributed by atoms with Crippen LogP contribution in [0.4, 0.5) is 13.2 Å². The maximum atomic E-state index is 13.5. The molecule has 3 heterocycles. The Kier molecular flexibility index (Phi) is 4.08. The van der Waals surface area contributed by atoms with E-state index in [1.54, 1.807) is 12.1 Å². The van der Waals surface area contributed by atoms with Crippen molar-refractivity contribution in [2.24, 2.45) is 0 Å². The van der Waals surface area contributed by atoms with Crippen LogP contribution in [0.3, 0.4) is 0 Å². The molecule has 2 bridgehead atoms. The SMILES string of the molecule is Cl.Oc1ccc2c3c1O[C@H]1c4[nH]c5ccccc5c4C[C@@]4(O)[C@@H](C2)N(CC(F)(F)F)CC[C@]314. The molecular weight excluding hydrogens is 457 g/mol. The van der Waals surface area contributed by atoms with E-state index in [1.807, 2.05) is 24.3 Å². The number of piperidine rings is 1. The zero-order valence-electron chi connectivity index (χ0n) is 17.4. The lowest BCUT2D eigenvalue weighted by Crippen LogP contribution is -2.75. The molecule has 33 heavy (non-hydrogen) atoms. The number of likely N-dealkylation sites (tertiary alicyclic amines) is 1. The third-order valence-electron chi connectivity index (χ3n) is 8.26. The standard InChI is InChI=1S/C24H21F3N2O3.ClH/c25-24(26,27)11-29-8-7-22-18-12-5-6-16(30)20(18)32-21(22)19-14(10-23(22,31)17(29)9-12)13-3-1-2-4-15(13)28-19;/h1-6,17,21,28,30-31H,7-11H2;1H/t17-,21+,22+,23-;/m1./s1. The monoisotopic (exact) mass is 478 g/mol. The number of para-hydroxylation sites is 1. The highest BCUT2D eigenvalue weighted by Crippen LogP contribution is 2.69. The second-order valence-electron chi connectivity index (χ2n) is 9.64. The minimum atomic E-state index is -4.35. The fraction of sp³-hybridized carbons (Fsp3) is 0.417. The number of halogens is 4. The number of benzene rings is 2. The number of phenols is 1. The van der Waals surface area contributed by atoms with Gasteiger partial charge >= 0.3 is 6.18 Å². The number of hydrogen-bond acceptors (Lipinski definition) is 4. The fourth-order valence-corrected chi connectivity index (χ4v) is 7.14. The number of H-pyrrole nitrogens is 1. The first-order valence-corrected chi connectivity index (χ1v) is 10.9. The van der Waals surface area contributed by atoms with Gasteiger partial charge in [-0.15, -0.1) is 12.4 Å². The molecule has 2 aromatic carbocycles. The second kappa shape index (κ2) is 6.37. The Morgan fingerprint density at radius 1 is 1.18 bits per heavy atom. The predicted octanol–water partition coefficient (Wildman–Crippen LogP) is 4.15. The van der Waals surface area contributed by atoms with Crippen LogP contribution in [0, 0.1) is 0 Å². The summed E-state index contributed by atoms with van der Waals surface area (Å²) >= 11 is 0. The molecule has 2 aliphatic carbocycles. The van der Waals surface area contributed by atoms with Crippen molar-refractivity contribution in [2.75, 3.05) is 13.1 Å². The topological polar surface area (TPSA) is 68.7 Å². The maximum Gasteiger partial charge on any atom is 0.401 e. The lowest BCUT2D eigenvalue weighted by Gasteiger charge is -2.62. The van der Waals surface area contributed by atoms with Gasteiger partial charge in [0.15, 0.2) is 17.6 Å². The summed E-state index contributed by atoms with van der Waals surface area (Å²) in [6.45, 7) is -0.848. The third kappa shape index (κ3) is 2.41. The van der Waals surface area contributed by atoms with Crippen molar-refractivity contribution >= 4 is 23.3 Å². The molecule has 0 amide bonds. The van der Waals surface area contributed by atoms with Crippen LogP contribution >= 0.6 is 12.4 Å². The summed E-state index contributed by atoms with van der Waals surface area (Å²) in [7, 11) is 0. The van der Waals surface area contributed by atoms with Crippen LogP contribution in [0.15, 0.2) is 36.4 Å². The summed E-state index contributed by atoms with van der Waals surface area (Å²) < 4.78 is 46.8. The highest BCUT2D eigenvalue weighted by Gasteiger charge is 2.73. The molecule has 1 spiro atoms. The molecule has 0 radical (unpaired) electrons. The van der Waals surface area contributed by atoms with Crippen LogP contribution in [-0.4, -0.2) is 51.0 Å². The number of phenolic OH excluding ortho intramolecular Hbond substituents is 1. The Morgan fingerprint density at radius 3 is 2.76 bits per heavy atom. The molecule has 4 atom stereocenters. The normalized spacial score (nSPS) is 31.5. The molecule has 0 unspecified atom stereocenters. The molecule has 1 aromatic heterocycles. The molecular formula is C24H22ClF3N2O3. The second-order valence-corrected chi connectivity index (χ2v) is 9.64. The molecule has 7 rings (SSSR count). The van der Waals surface area contributed by atoms with Crippen LogP contribution in [0.2, 0.25) is 0 Å². The van der Waals surface area contributed by atoms with Gasteiger partial charge in [0.2, 0.25) is 0 Å². The first-order valence-electron chi connectivity index (χ1n) is 10.9. The van der Waals surface area contributed by atoms with Crippen molar-refractivity contribution in [3.8, 4) is 11.5 Å². The first-order chi connectivity index (χ1) is 15.2. The Balaban J connectivity index is 0.00000206. The molecule has 2 aliphatic heterocycles. The molecule has 1 fully saturated rings. The van der Waals surface area contributed by atoms with Gasteiger partial charge in [0.1, 0.15) is 0 Å². The van der Waals surface area contributed by atoms with Crippen LogP contribution < -0.4 is 4.74 Å². The molecule has 5 nitrogen and oxygen atoms in total. The highest BCUT2D eigenvalue weighted by molar-refractivity contribution is 5.86. The number of ether oxygens (including phenoxy) is 1. The van der Waals surface area contributed by atoms with Crippen molar-refractivity contribution in [3.63, 3.8) is 0 Å². The van der Waals surface area contributed by atoms with E-state index in [0.29, 0.717) is 12.2 Å². The van der Waals surface area contributed by atoms with E-state index >= 15 is 0 Å². The van der Waals surface area contributed by atoms with Gasteiger partial charge < -0.3 is 19.9 Å². The van der Waals surface area contributed by atoms with Crippen LogP contribution in [-0.2, 0) is 18.3 Å². The van der Waals surface area contributed by atoms with Crippen molar-refractivity contribution in [1.29, 1.82) is 0 Å². The van der Waals surface area contributed by atoms with Gasteiger partial charge in [0.05, 0.1) is 23.3 Å². The zero-order chi connectivity index (χ0) is 22.0. The Morgan fingerprint density at radius 2 is 1.97 bits per heavy atom. The maximum absolute atomic E-state index is 13.5. The third-order valence-corrected chi connectivity index (χ3v) is 8.26. The van der Waals surface area contributed by atoms with Gasteiger partial charge in [-0.1, -0.05) is 24.3 Å². The number of aromatic amines is 1. The number of fused-ring (bicyclic) bond motifs is 4. The minimum absolute atomic E-state index is 0. The van der Waals surface area contributed by atoms with Crippen LogP contribution in [0.5, 0.6) is 11.5 Å². The quantitative estimate of drug-likeness (QED) is 0.491. The summed E-state index contributed by atoms with van der Waals surface area (Å²) in [6.07, 6.45) is -4.11. The Bertz CT molecular complexity index is 1310. The highest BCUT2D eigenvalue weighted by atomic mass is 35.5. The van der Waals surface area contributed by atoms with E-state index in [2.05, 4.69) is 4.98 Å². The van der Waals surface area contributed by atoms with E-state index in [0.717, 1.165) is 33.3 Å². The van der Waals surface area contributed by atoms with E-state index in [-0.39, 0.29) is 37.5 Å². The van der Waals surface area contributed by atoms with Crippen molar-refractivity contribution in [2.45, 2.75) is 48.6 Å². The van der Waals surface area contributed by atoms with E-state index < -0.39 is 35.9 Å².